The van der Waals surface area contributed by atoms with Crippen molar-refractivity contribution in [2.45, 2.75) is 69.9 Å². The third-order valence-corrected chi connectivity index (χ3v) is 7.63. The topological polar surface area (TPSA) is 64.6 Å². The minimum absolute atomic E-state index is 0.0621. The Morgan fingerprint density at radius 2 is 1.82 bits per heavy atom. The quantitative estimate of drug-likeness (QED) is 0.811. The smallest absolute Gasteiger partial charge is 0.208 e. The molecule has 1 aromatic carbocycles. The Kier molecular flexibility index (Phi) is 6.00. The van der Waals surface area contributed by atoms with Gasteiger partial charge in [-0.2, -0.15) is 0 Å². The highest BCUT2D eigenvalue weighted by molar-refractivity contribution is 7.88. The summed E-state index contributed by atoms with van der Waals surface area (Å²) in [5.74, 6) is 2.08. The number of sulfonamides is 1. The number of para-hydroxylation sites is 1. The molecule has 0 aromatic heterocycles. The molecule has 2 fully saturated rings. The van der Waals surface area contributed by atoms with Crippen molar-refractivity contribution in [2.24, 2.45) is 11.8 Å². The molecule has 28 heavy (non-hydrogen) atoms. The molecule has 2 aliphatic heterocycles. The first kappa shape index (κ1) is 20.2. The molecule has 2 aliphatic carbocycles. The van der Waals surface area contributed by atoms with E-state index in [0.29, 0.717) is 31.2 Å². The van der Waals surface area contributed by atoms with Crippen molar-refractivity contribution in [1.29, 1.82) is 0 Å². The number of aryl methyl sites for hydroxylation is 1. The second kappa shape index (κ2) is 8.33. The molecule has 0 saturated heterocycles. The van der Waals surface area contributed by atoms with Gasteiger partial charge in [0.2, 0.25) is 10.0 Å². The Morgan fingerprint density at radius 1 is 1.04 bits per heavy atom. The van der Waals surface area contributed by atoms with Gasteiger partial charge in [-0.1, -0.05) is 24.6 Å². The first-order valence-electron chi connectivity index (χ1n) is 10.7. The molecule has 4 aliphatic rings. The lowest BCUT2D eigenvalue weighted by Gasteiger charge is -2.40. The van der Waals surface area contributed by atoms with E-state index in [-0.39, 0.29) is 12.0 Å². The molecule has 0 amide bonds. The number of benzene rings is 1. The van der Waals surface area contributed by atoms with Gasteiger partial charge in [-0.25, -0.2) is 13.1 Å². The minimum Gasteiger partial charge on any atom is -0.493 e. The van der Waals surface area contributed by atoms with Crippen molar-refractivity contribution < 1.29 is 17.9 Å². The SMILES string of the molecule is Cc1cccc2c1OCC1CCC[C@H](NS(C)(=O)=O)[C@@H]1COC1CCC2CC1. The summed E-state index contributed by atoms with van der Waals surface area (Å²) in [5.41, 5.74) is 2.54. The van der Waals surface area contributed by atoms with Gasteiger partial charge in [-0.3, -0.25) is 0 Å². The molecule has 3 atom stereocenters. The van der Waals surface area contributed by atoms with E-state index < -0.39 is 10.0 Å². The van der Waals surface area contributed by atoms with Gasteiger partial charge >= 0.3 is 0 Å². The average molecular weight is 408 g/mol. The van der Waals surface area contributed by atoms with Crippen LogP contribution in [0, 0.1) is 18.8 Å². The van der Waals surface area contributed by atoms with Crippen LogP contribution in [-0.4, -0.2) is 40.0 Å². The second-order valence-corrected chi connectivity index (χ2v) is 10.7. The number of hydrogen-bond acceptors (Lipinski definition) is 4. The number of hydrogen-bond donors (Lipinski definition) is 1. The average Bonchev–Trinajstić information content (AvgIpc) is 2.64. The van der Waals surface area contributed by atoms with Gasteiger partial charge in [0.25, 0.3) is 0 Å². The third-order valence-electron chi connectivity index (χ3n) is 6.90. The maximum Gasteiger partial charge on any atom is 0.208 e. The molecule has 2 bridgehead atoms. The molecule has 0 radical (unpaired) electrons. The molecule has 6 heteroatoms. The van der Waals surface area contributed by atoms with Crippen molar-refractivity contribution in [3.63, 3.8) is 0 Å². The van der Waals surface area contributed by atoms with Crippen LogP contribution in [-0.2, 0) is 14.8 Å². The Bertz CT molecular complexity index is 786. The summed E-state index contributed by atoms with van der Waals surface area (Å²) in [6, 6.07) is 6.44. The monoisotopic (exact) mass is 407 g/mol. The van der Waals surface area contributed by atoms with Crippen molar-refractivity contribution in [1.82, 2.24) is 4.72 Å². The number of fused-ring (bicyclic) bond motifs is 4. The lowest BCUT2D eigenvalue weighted by atomic mass is 9.76. The summed E-state index contributed by atoms with van der Waals surface area (Å²) in [6.07, 6.45) is 8.90. The predicted molar refractivity (Wildman–Crippen MR) is 110 cm³/mol. The van der Waals surface area contributed by atoms with Gasteiger partial charge in [0.05, 0.1) is 25.6 Å². The lowest BCUT2D eigenvalue weighted by Crippen LogP contribution is -2.48. The molecule has 1 unspecified atom stereocenters. The normalized spacial score (nSPS) is 33.7. The first-order chi connectivity index (χ1) is 13.4. The van der Waals surface area contributed by atoms with E-state index >= 15 is 0 Å². The Labute approximate surface area is 169 Å². The third kappa shape index (κ3) is 4.55. The highest BCUT2D eigenvalue weighted by atomic mass is 32.2. The van der Waals surface area contributed by atoms with E-state index in [0.717, 1.165) is 50.7 Å². The largest absolute Gasteiger partial charge is 0.493 e. The zero-order valence-corrected chi connectivity index (χ0v) is 17.8. The molecule has 5 nitrogen and oxygen atoms in total. The maximum absolute atomic E-state index is 11.9. The fourth-order valence-electron chi connectivity index (χ4n) is 5.41. The van der Waals surface area contributed by atoms with E-state index in [1.807, 2.05) is 0 Å². The fraction of sp³-hybridized carbons (Fsp3) is 0.727. The van der Waals surface area contributed by atoms with Crippen LogP contribution in [0.15, 0.2) is 18.2 Å². The van der Waals surface area contributed by atoms with Crippen LogP contribution in [0.5, 0.6) is 5.75 Å². The van der Waals surface area contributed by atoms with Crippen LogP contribution < -0.4 is 9.46 Å². The second-order valence-electron chi connectivity index (χ2n) is 8.96. The van der Waals surface area contributed by atoms with Gasteiger partial charge < -0.3 is 9.47 Å². The lowest BCUT2D eigenvalue weighted by molar-refractivity contribution is -0.0298. The zero-order chi connectivity index (χ0) is 19.7. The fourth-order valence-corrected chi connectivity index (χ4v) is 6.25. The summed E-state index contributed by atoms with van der Waals surface area (Å²) >= 11 is 0. The summed E-state index contributed by atoms with van der Waals surface area (Å²) in [6.45, 7) is 3.38. The molecular weight excluding hydrogens is 374 g/mol. The number of ether oxygens (including phenoxy) is 2. The molecule has 1 N–H and O–H groups in total. The van der Waals surface area contributed by atoms with Crippen LogP contribution in [0.1, 0.15) is 62.0 Å². The van der Waals surface area contributed by atoms with E-state index in [2.05, 4.69) is 29.8 Å². The van der Waals surface area contributed by atoms with E-state index in [1.54, 1.807) is 0 Å². The van der Waals surface area contributed by atoms with Gasteiger partial charge in [-0.15, -0.1) is 0 Å². The van der Waals surface area contributed by atoms with E-state index in [4.69, 9.17) is 9.47 Å². The molecule has 2 saturated carbocycles. The molecular formula is C22H33NO4S. The van der Waals surface area contributed by atoms with Crippen LogP contribution in [0.3, 0.4) is 0 Å². The standard InChI is InChI=1S/C22H33NO4S/c1-15-5-3-7-19-16-9-11-18(12-10-16)26-14-20-17(13-27-22(15)19)6-4-8-21(20)23-28(2,24)25/h3,5,7,16-18,20-21,23H,4,6,8-14H2,1-2H3/t16?,17?,18?,20-,21+/m1/s1. The van der Waals surface area contributed by atoms with Gasteiger partial charge in [-0.05, 0) is 68.4 Å². The highest BCUT2D eigenvalue weighted by Gasteiger charge is 2.37. The Hall–Kier alpha value is -1.11. The van der Waals surface area contributed by atoms with Crippen molar-refractivity contribution >= 4 is 10.0 Å². The van der Waals surface area contributed by atoms with Crippen molar-refractivity contribution in [3.8, 4) is 5.75 Å². The Balaban J connectivity index is 1.63. The minimum atomic E-state index is -3.24. The molecule has 0 spiro atoms. The van der Waals surface area contributed by atoms with E-state index in [1.165, 1.54) is 17.4 Å². The van der Waals surface area contributed by atoms with Gasteiger partial charge in [0, 0.05) is 12.0 Å². The van der Waals surface area contributed by atoms with Crippen molar-refractivity contribution in [3.05, 3.63) is 29.3 Å². The summed E-state index contributed by atoms with van der Waals surface area (Å²) in [5, 5.41) is 0. The molecule has 2 heterocycles. The van der Waals surface area contributed by atoms with Crippen LogP contribution >= 0.6 is 0 Å². The molecule has 1 aromatic rings. The molecule has 156 valence electrons. The molecule has 5 rings (SSSR count). The van der Waals surface area contributed by atoms with Gasteiger partial charge in [0.1, 0.15) is 5.75 Å². The maximum atomic E-state index is 11.9. The van der Waals surface area contributed by atoms with E-state index in [9.17, 15) is 8.42 Å². The zero-order valence-electron chi connectivity index (χ0n) is 17.0. The number of rotatable bonds is 2. The van der Waals surface area contributed by atoms with Crippen LogP contribution in [0.2, 0.25) is 0 Å². The van der Waals surface area contributed by atoms with Crippen LogP contribution in [0.4, 0.5) is 0 Å². The highest BCUT2D eigenvalue weighted by Crippen LogP contribution is 2.42. The summed E-state index contributed by atoms with van der Waals surface area (Å²) in [7, 11) is -3.24. The van der Waals surface area contributed by atoms with Crippen molar-refractivity contribution in [2.75, 3.05) is 19.5 Å². The van der Waals surface area contributed by atoms with Gasteiger partial charge in [0.15, 0.2) is 0 Å². The summed E-state index contributed by atoms with van der Waals surface area (Å²) < 4.78 is 39.5. The summed E-state index contributed by atoms with van der Waals surface area (Å²) in [4.78, 5) is 0. The Morgan fingerprint density at radius 3 is 2.57 bits per heavy atom. The first-order valence-corrected chi connectivity index (χ1v) is 12.6. The van der Waals surface area contributed by atoms with Crippen LogP contribution in [0.25, 0.3) is 0 Å². The number of nitrogens with one attached hydrogen (secondary N) is 1. The predicted octanol–water partition coefficient (Wildman–Crippen LogP) is 3.76.